The van der Waals surface area contributed by atoms with E-state index in [2.05, 4.69) is 5.32 Å². The van der Waals surface area contributed by atoms with Gasteiger partial charge in [-0.15, -0.1) is 0 Å². The van der Waals surface area contributed by atoms with Crippen molar-refractivity contribution in [1.29, 1.82) is 0 Å². The van der Waals surface area contributed by atoms with Gasteiger partial charge in [0.05, 0.1) is 11.4 Å². The molecule has 0 bridgehead atoms. The summed E-state index contributed by atoms with van der Waals surface area (Å²) in [4.78, 5) is 0. The molecule has 2 nitrogen and oxygen atoms in total. The summed E-state index contributed by atoms with van der Waals surface area (Å²) in [6.45, 7) is 2.89. The second-order valence-corrected chi connectivity index (χ2v) is 2.70. The molecule has 0 spiro atoms. The van der Waals surface area contributed by atoms with Gasteiger partial charge in [0.25, 0.3) is 0 Å². The molecule has 0 aliphatic rings. The first-order valence-electron chi connectivity index (χ1n) is 3.53. The molecule has 0 aromatic heterocycles. The van der Waals surface area contributed by atoms with Crippen LogP contribution < -0.4 is 11.1 Å². The number of rotatable bonds is 2. The Morgan fingerprint density at radius 1 is 1.55 bits per heavy atom. The van der Waals surface area contributed by atoms with Crippen LogP contribution in [-0.4, -0.2) is 6.54 Å². The molecule has 0 aliphatic heterocycles. The Kier molecular flexibility index (Phi) is 2.60. The molecule has 11 heavy (non-hydrogen) atoms. The maximum atomic E-state index is 5.71. The molecule has 0 fully saturated rings. The molecule has 3 N–H and O–H groups in total. The van der Waals surface area contributed by atoms with Crippen LogP contribution in [0.5, 0.6) is 0 Å². The Morgan fingerprint density at radius 3 is 2.82 bits per heavy atom. The van der Waals surface area contributed by atoms with Gasteiger partial charge in [0.1, 0.15) is 0 Å². The summed E-state index contributed by atoms with van der Waals surface area (Å²) < 4.78 is 0. The molecule has 0 heterocycles. The normalized spacial score (nSPS) is 9.64. The van der Waals surface area contributed by atoms with Gasteiger partial charge >= 0.3 is 0 Å². The SMILES string of the molecule is CCNc1ccc(Cl)cc1N. The average Bonchev–Trinajstić information content (AvgIpc) is 1.95. The lowest BCUT2D eigenvalue weighted by Gasteiger charge is -2.06. The molecule has 0 amide bonds. The van der Waals surface area contributed by atoms with E-state index >= 15 is 0 Å². The van der Waals surface area contributed by atoms with Crippen molar-refractivity contribution in [2.24, 2.45) is 0 Å². The summed E-state index contributed by atoms with van der Waals surface area (Å²) in [5.41, 5.74) is 7.30. The number of nitrogens with two attached hydrogens (primary N) is 1. The Bertz CT molecular complexity index is 248. The number of nitrogen functional groups attached to an aromatic ring is 1. The molecule has 1 rings (SSSR count). The summed E-state index contributed by atoms with van der Waals surface area (Å²) >= 11 is 5.71. The van der Waals surface area contributed by atoms with Crippen molar-refractivity contribution in [1.82, 2.24) is 0 Å². The largest absolute Gasteiger partial charge is 0.397 e. The predicted octanol–water partition coefficient (Wildman–Crippen LogP) is 2.35. The number of nitrogens with one attached hydrogen (secondary N) is 1. The van der Waals surface area contributed by atoms with Crippen LogP contribution in [0.25, 0.3) is 0 Å². The first-order valence-corrected chi connectivity index (χ1v) is 3.90. The molecule has 3 heteroatoms. The highest BCUT2D eigenvalue weighted by Gasteiger charge is 1.96. The van der Waals surface area contributed by atoms with Crippen LogP contribution >= 0.6 is 11.6 Å². The van der Waals surface area contributed by atoms with Crippen molar-refractivity contribution in [3.63, 3.8) is 0 Å². The first-order chi connectivity index (χ1) is 5.24. The van der Waals surface area contributed by atoms with Crippen LogP contribution in [0, 0.1) is 0 Å². The van der Waals surface area contributed by atoms with Gasteiger partial charge in [0.15, 0.2) is 0 Å². The van der Waals surface area contributed by atoms with Gasteiger partial charge in [-0.2, -0.15) is 0 Å². The molecule has 1 aromatic rings. The lowest BCUT2D eigenvalue weighted by atomic mass is 10.3. The molecule has 0 aliphatic carbocycles. The Labute approximate surface area is 71.4 Å². The lowest BCUT2D eigenvalue weighted by molar-refractivity contribution is 1.21. The van der Waals surface area contributed by atoms with Crippen LogP contribution in [0.1, 0.15) is 6.92 Å². The summed E-state index contributed by atoms with van der Waals surface area (Å²) in [6.07, 6.45) is 0. The minimum atomic E-state index is 0.671. The monoisotopic (exact) mass is 170 g/mol. The third-order valence-corrected chi connectivity index (χ3v) is 1.62. The number of hydrogen-bond acceptors (Lipinski definition) is 2. The summed E-state index contributed by atoms with van der Waals surface area (Å²) in [7, 11) is 0. The number of hydrogen-bond donors (Lipinski definition) is 2. The number of benzene rings is 1. The zero-order chi connectivity index (χ0) is 8.27. The van der Waals surface area contributed by atoms with E-state index in [9.17, 15) is 0 Å². The quantitative estimate of drug-likeness (QED) is 0.669. The van der Waals surface area contributed by atoms with Crippen molar-refractivity contribution in [3.8, 4) is 0 Å². The molecule has 0 saturated heterocycles. The topological polar surface area (TPSA) is 38.0 Å². The average molecular weight is 171 g/mol. The van der Waals surface area contributed by atoms with E-state index < -0.39 is 0 Å². The summed E-state index contributed by atoms with van der Waals surface area (Å²) in [5, 5.41) is 3.79. The molecular formula is C8H11ClN2. The third-order valence-electron chi connectivity index (χ3n) is 1.38. The fraction of sp³-hybridized carbons (Fsp3) is 0.250. The van der Waals surface area contributed by atoms with Gasteiger partial charge in [0, 0.05) is 11.6 Å². The predicted molar refractivity (Wildman–Crippen MR) is 50.0 cm³/mol. The van der Waals surface area contributed by atoms with Crippen molar-refractivity contribution in [3.05, 3.63) is 23.2 Å². The van der Waals surface area contributed by atoms with E-state index in [0.717, 1.165) is 12.2 Å². The van der Waals surface area contributed by atoms with E-state index in [1.54, 1.807) is 6.07 Å². The number of halogens is 1. The highest BCUT2D eigenvalue weighted by atomic mass is 35.5. The van der Waals surface area contributed by atoms with Crippen LogP contribution in [0.4, 0.5) is 11.4 Å². The van der Waals surface area contributed by atoms with Crippen LogP contribution in [0.2, 0.25) is 5.02 Å². The van der Waals surface area contributed by atoms with E-state index in [1.165, 1.54) is 0 Å². The van der Waals surface area contributed by atoms with Crippen LogP contribution in [-0.2, 0) is 0 Å². The molecule has 60 valence electrons. The molecular weight excluding hydrogens is 160 g/mol. The van der Waals surface area contributed by atoms with Gasteiger partial charge in [0.2, 0.25) is 0 Å². The Hall–Kier alpha value is -0.890. The van der Waals surface area contributed by atoms with Crippen molar-refractivity contribution in [2.75, 3.05) is 17.6 Å². The Balaban J connectivity index is 2.90. The zero-order valence-corrected chi connectivity index (χ0v) is 7.15. The molecule has 0 unspecified atom stereocenters. The fourth-order valence-electron chi connectivity index (χ4n) is 0.885. The van der Waals surface area contributed by atoms with Crippen molar-refractivity contribution < 1.29 is 0 Å². The van der Waals surface area contributed by atoms with E-state index in [4.69, 9.17) is 17.3 Å². The van der Waals surface area contributed by atoms with E-state index in [0.29, 0.717) is 10.7 Å². The first kappa shape index (κ1) is 8.21. The van der Waals surface area contributed by atoms with Gasteiger partial charge in [-0.3, -0.25) is 0 Å². The van der Waals surface area contributed by atoms with Gasteiger partial charge in [-0.1, -0.05) is 11.6 Å². The van der Waals surface area contributed by atoms with Crippen LogP contribution in [0.3, 0.4) is 0 Å². The highest BCUT2D eigenvalue weighted by molar-refractivity contribution is 6.31. The smallest absolute Gasteiger partial charge is 0.0574 e. The summed E-state index contributed by atoms with van der Waals surface area (Å²) in [6, 6.07) is 5.43. The summed E-state index contributed by atoms with van der Waals surface area (Å²) in [5.74, 6) is 0. The second-order valence-electron chi connectivity index (χ2n) is 2.26. The van der Waals surface area contributed by atoms with E-state index in [1.807, 2.05) is 19.1 Å². The standard InChI is InChI=1S/C8H11ClN2/c1-2-11-8-4-3-6(9)5-7(8)10/h3-5,11H,2,10H2,1H3. The van der Waals surface area contributed by atoms with Crippen molar-refractivity contribution >= 4 is 23.0 Å². The molecule has 0 saturated carbocycles. The second kappa shape index (κ2) is 3.49. The van der Waals surface area contributed by atoms with Crippen LogP contribution in [0.15, 0.2) is 18.2 Å². The molecule has 0 atom stereocenters. The molecule has 1 aromatic carbocycles. The van der Waals surface area contributed by atoms with Gasteiger partial charge in [-0.05, 0) is 25.1 Å². The lowest BCUT2D eigenvalue weighted by Crippen LogP contribution is -2.00. The highest BCUT2D eigenvalue weighted by Crippen LogP contribution is 2.21. The van der Waals surface area contributed by atoms with Gasteiger partial charge < -0.3 is 11.1 Å². The van der Waals surface area contributed by atoms with E-state index in [-0.39, 0.29) is 0 Å². The minimum absolute atomic E-state index is 0.671. The Morgan fingerprint density at radius 2 is 2.27 bits per heavy atom. The fourth-order valence-corrected chi connectivity index (χ4v) is 1.07. The molecule has 0 radical (unpaired) electrons. The van der Waals surface area contributed by atoms with Gasteiger partial charge in [-0.25, -0.2) is 0 Å². The number of anilines is 2. The zero-order valence-electron chi connectivity index (χ0n) is 6.39. The van der Waals surface area contributed by atoms with Crippen molar-refractivity contribution in [2.45, 2.75) is 6.92 Å². The maximum Gasteiger partial charge on any atom is 0.0574 e. The minimum Gasteiger partial charge on any atom is -0.397 e. The maximum absolute atomic E-state index is 5.71. The third kappa shape index (κ3) is 2.02.